The molecule has 5 heteroatoms. The predicted octanol–water partition coefficient (Wildman–Crippen LogP) is 3.23. The average molecular weight is 266 g/mol. The van der Waals surface area contributed by atoms with E-state index in [0.29, 0.717) is 9.92 Å². The van der Waals surface area contributed by atoms with E-state index in [1.54, 1.807) is 6.20 Å². The highest BCUT2D eigenvalue weighted by Gasteiger charge is 2.06. The fourth-order valence-electron chi connectivity index (χ4n) is 1.45. The Labute approximate surface area is 108 Å². The molecule has 0 atom stereocenters. The van der Waals surface area contributed by atoms with E-state index in [2.05, 4.69) is 10.3 Å². The monoisotopic (exact) mass is 266 g/mol. The second kappa shape index (κ2) is 5.93. The van der Waals surface area contributed by atoms with Crippen LogP contribution in [0.15, 0.2) is 46.5 Å². The van der Waals surface area contributed by atoms with Gasteiger partial charge >= 0.3 is 0 Å². The molecule has 0 bridgehead atoms. The van der Waals surface area contributed by atoms with Crippen molar-refractivity contribution in [1.29, 1.82) is 0 Å². The molecule has 1 heterocycles. The molecular formula is C13H12F2N2S. The zero-order chi connectivity index (χ0) is 13.0. The molecule has 1 aromatic carbocycles. The molecule has 2 rings (SSSR count). The third-order valence-electron chi connectivity index (χ3n) is 2.29. The van der Waals surface area contributed by atoms with E-state index >= 15 is 0 Å². The lowest BCUT2D eigenvalue weighted by atomic mass is 10.3. The number of aromatic nitrogens is 1. The van der Waals surface area contributed by atoms with E-state index in [1.807, 2.05) is 19.2 Å². The summed E-state index contributed by atoms with van der Waals surface area (Å²) in [6.07, 6.45) is 1.74. The van der Waals surface area contributed by atoms with Gasteiger partial charge in [0.15, 0.2) is 0 Å². The van der Waals surface area contributed by atoms with Gasteiger partial charge in [0.2, 0.25) is 0 Å². The number of nitrogens with one attached hydrogen (secondary N) is 1. The highest BCUT2D eigenvalue weighted by atomic mass is 32.2. The van der Waals surface area contributed by atoms with Gasteiger partial charge in [0.25, 0.3) is 0 Å². The third kappa shape index (κ3) is 3.27. The summed E-state index contributed by atoms with van der Waals surface area (Å²) in [5.74, 6) is -1.14. The van der Waals surface area contributed by atoms with Gasteiger partial charge in [-0.15, -0.1) is 0 Å². The predicted molar refractivity (Wildman–Crippen MR) is 67.5 cm³/mol. The summed E-state index contributed by atoms with van der Waals surface area (Å²) >= 11 is 1.18. The first-order valence-electron chi connectivity index (χ1n) is 5.41. The summed E-state index contributed by atoms with van der Waals surface area (Å²) < 4.78 is 26.2. The number of rotatable bonds is 4. The van der Waals surface area contributed by atoms with Crippen molar-refractivity contribution in [2.75, 3.05) is 7.05 Å². The van der Waals surface area contributed by atoms with Gasteiger partial charge in [-0.25, -0.2) is 13.8 Å². The minimum absolute atomic E-state index is 0.366. The molecule has 0 amide bonds. The lowest BCUT2D eigenvalue weighted by Crippen LogP contribution is -2.05. The van der Waals surface area contributed by atoms with Gasteiger partial charge in [-0.05, 0) is 30.8 Å². The Morgan fingerprint density at radius 3 is 2.67 bits per heavy atom. The van der Waals surface area contributed by atoms with Crippen LogP contribution in [0.3, 0.4) is 0 Å². The van der Waals surface area contributed by atoms with Gasteiger partial charge in [0.1, 0.15) is 16.7 Å². The lowest BCUT2D eigenvalue weighted by Gasteiger charge is -2.04. The van der Waals surface area contributed by atoms with Crippen molar-refractivity contribution in [2.24, 2.45) is 0 Å². The number of halogens is 2. The van der Waals surface area contributed by atoms with Crippen molar-refractivity contribution < 1.29 is 8.78 Å². The molecule has 0 spiro atoms. The van der Waals surface area contributed by atoms with E-state index in [1.165, 1.54) is 23.9 Å². The van der Waals surface area contributed by atoms with Crippen LogP contribution in [0.4, 0.5) is 8.78 Å². The van der Waals surface area contributed by atoms with Crippen molar-refractivity contribution in [2.45, 2.75) is 16.5 Å². The number of pyridine rings is 1. The van der Waals surface area contributed by atoms with Crippen LogP contribution >= 0.6 is 11.8 Å². The molecule has 94 valence electrons. The Morgan fingerprint density at radius 2 is 2.06 bits per heavy atom. The number of nitrogens with zero attached hydrogens (tertiary/aromatic N) is 1. The molecule has 18 heavy (non-hydrogen) atoms. The van der Waals surface area contributed by atoms with E-state index in [-0.39, 0.29) is 0 Å². The summed E-state index contributed by atoms with van der Waals surface area (Å²) in [6.45, 7) is 0.739. The van der Waals surface area contributed by atoms with Crippen LogP contribution in [0.25, 0.3) is 0 Å². The summed E-state index contributed by atoms with van der Waals surface area (Å²) in [7, 11) is 1.86. The minimum atomic E-state index is -0.575. The molecule has 0 aliphatic carbocycles. The Balaban J connectivity index is 2.13. The van der Waals surface area contributed by atoms with Gasteiger partial charge in [-0.3, -0.25) is 0 Å². The van der Waals surface area contributed by atoms with Crippen LogP contribution in [-0.4, -0.2) is 12.0 Å². The molecule has 1 N–H and O–H groups in total. The first-order chi connectivity index (χ1) is 8.69. The topological polar surface area (TPSA) is 24.9 Å². The Hall–Kier alpha value is -1.46. The van der Waals surface area contributed by atoms with Crippen molar-refractivity contribution in [3.63, 3.8) is 0 Å². The Kier molecular flexibility index (Phi) is 4.28. The molecule has 1 aromatic heterocycles. The second-order valence-corrected chi connectivity index (χ2v) is 4.77. The molecule has 0 aliphatic heterocycles. The molecule has 0 saturated heterocycles. The van der Waals surface area contributed by atoms with Gasteiger partial charge in [-0.1, -0.05) is 17.8 Å². The average Bonchev–Trinajstić information content (AvgIpc) is 2.35. The summed E-state index contributed by atoms with van der Waals surface area (Å²) in [5, 5.41) is 3.70. The summed E-state index contributed by atoms with van der Waals surface area (Å²) in [6, 6.07) is 7.27. The van der Waals surface area contributed by atoms with Gasteiger partial charge in [-0.2, -0.15) is 0 Å². The first kappa shape index (κ1) is 13.0. The summed E-state index contributed by atoms with van der Waals surface area (Å²) in [4.78, 5) is 4.58. The maximum absolute atomic E-state index is 13.4. The van der Waals surface area contributed by atoms with Crippen molar-refractivity contribution in [1.82, 2.24) is 10.3 Å². The molecule has 2 nitrogen and oxygen atoms in total. The molecule has 0 aliphatic rings. The normalized spacial score (nSPS) is 10.6. The van der Waals surface area contributed by atoms with Crippen LogP contribution in [0.2, 0.25) is 0 Å². The van der Waals surface area contributed by atoms with Crippen molar-refractivity contribution in [3.05, 3.63) is 53.7 Å². The first-order valence-corrected chi connectivity index (χ1v) is 6.23. The van der Waals surface area contributed by atoms with Gasteiger partial charge in [0, 0.05) is 23.7 Å². The maximum atomic E-state index is 13.4. The minimum Gasteiger partial charge on any atom is -0.316 e. The highest BCUT2D eigenvalue weighted by molar-refractivity contribution is 7.99. The SMILES string of the molecule is CNCc1ccc(Sc2ccc(F)cc2F)nc1. The number of hydrogen-bond acceptors (Lipinski definition) is 3. The number of hydrogen-bond donors (Lipinski definition) is 1. The fraction of sp³-hybridized carbons (Fsp3) is 0.154. The van der Waals surface area contributed by atoms with Crippen molar-refractivity contribution >= 4 is 11.8 Å². The standard InChI is InChI=1S/C13H12F2N2S/c1-16-7-9-2-5-13(17-8-9)18-12-4-3-10(14)6-11(12)15/h2-6,8,16H,7H2,1H3. The zero-order valence-electron chi connectivity index (χ0n) is 9.78. The summed E-state index contributed by atoms with van der Waals surface area (Å²) in [5.41, 5.74) is 1.06. The van der Waals surface area contributed by atoms with E-state index in [9.17, 15) is 8.78 Å². The molecule has 0 fully saturated rings. The molecule has 2 aromatic rings. The molecule has 0 saturated carbocycles. The number of benzene rings is 1. The van der Waals surface area contributed by atoms with Crippen LogP contribution in [0.1, 0.15) is 5.56 Å². The Morgan fingerprint density at radius 1 is 1.22 bits per heavy atom. The molecule has 0 radical (unpaired) electrons. The van der Waals surface area contributed by atoms with Gasteiger partial charge in [0.05, 0.1) is 0 Å². The van der Waals surface area contributed by atoms with E-state index in [0.717, 1.165) is 18.2 Å². The third-order valence-corrected chi connectivity index (χ3v) is 3.29. The highest BCUT2D eigenvalue weighted by Crippen LogP contribution is 2.28. The second-order valence-electron chi connectivity index (χ2n) is 3.71. The van der Waals surface area contributed by atoms with Gasteiger partial charge < -0.3 is 5.32 Å². The van der Waals surface area contributed by atoms with Crippen LogP contribution in [-0.2, 0) is 6.54 Å². The maximum Gasteiger partial charge on any atom is 0.140 e. The molecular weight excluding hydrogens is 254 g/mol. The molecule has 0 unspecified atom stereocenters. The lowest BCUT2D eigenvalue weighted by molar-refractivity contribution is 0.565. The van der Waals surface area contributed by atoms with Crippen LogP contribution in [0, 0.1) is 11.6 Å². The largest absolute Gasteiger partial charge is 0.316 e. The smallest absolute Gasteiger partial charge is 0.140 e. The Bertz CT molecular complexity index is 529. The van der Waals surface area contributed by atoms with Crippen LogP contribution in [0.5, 0.6) is 0 Å². The van der Waals surface area contributed by atoms with E-state index < -0.39 is 11.6 Å². The van der Waals surface area contributed by atoms with Crippen molar-refractivity contribution in [3.8, 4) is 0 Å². The quantitative estimate of drug-likeness (QED) is 0.919. The fourth-order valence-corrected chi connectivity index (χ4v) is 2.21. The van der Waals surface area contributed by atoms with E-state index in [4.69, 9.17) is 0 Å². The van der Waals surface area contributed by atoms with Crippen LogP contribution < -0.4 is 5.32 Å². The zero-order valence-corrected chi connectivity index (χ0v) is 10.6.